The van der Waals surface area contributed by atoms with Gasteiger partial charge in [0.25, 0.3) is 0 Å². The van der Waals surface area contributed by atoms with Crippen LogP contribution in [0.25, 0.3) is 0 Å². The zero-order valence-corrected chi connectivity index (χ0v) is 30.1. The maximum atomic E-state index is 11.3. The number of hydrogen-bond donors (Lipinski definition) is 1. The lowest BCUT2D eigenvalue weighted by molar-refractivity contribution is 0.420. The highest BCUT2D eigenvalue weighted by Gasteiger charge is 2.46. The van der Waals surface area contributed by atoms with E-state index in [9.17, 15) is 18.1 Å². The van der Waals surface area contributed by atoms with Gasteiger partial charge in [0.1, 0.15) is 39.0 Å². The number of alkyl halides is 1. The van der Waals surface area contributed by atoms with Crippen molar-refractivity contribution >= 4 is 44.9 Å². The topological polar surface area (TPSA) is 77.4 Å². The minimum atomic E-state index is -4.55. The van der Waals surface area contributed by atoms with Crippen molar-refractivity contribution in [2.24, 2.45) is 0 Å². The molecule has 1 N–H and O–H groups in total. The minimum Gasteiger partial charge on any atom is -0.744 e. The predicted molar refractivity (Wildman–Crippen MR) is 193 cm³/mol. The largest absolute Gasteiger partial charge is 0.744 e. The molecule has 1 unspecified atom stereocenters. The molecule has 0 saturated heterocycles. The van der Waals surface area contributed by atoms with Crippen LogP contribution in [0.1, 0.15) is 78.9 Å². The summed E-state index contributed by atoms with van der Waals surface area (Å²) in [6.45, 7) is 13.4. The summed E-state index contributed by atoms with van der Waals surface area (Å²) < 4.78 is 33.8. The first-order valence-electron chi connectivity index (χ1n) is 15.5. The van der Waals surface area contributed by atoms with Gasteiger partial charge in [0.15, 0.2) is 0 Å². The Kier molecular flexibility index (Phi) is 12.5. The van der Waals surface area contributed by atoms with Crippen LogP contribution in [0.15, 0.2) is 108 Å². The van der Waals surface area contributed by atoms with Crippen molar-refractivity contribution in [3.8, 4) is 5.75 Å². The van der Waals surface area contributed by atoms with Crippen LogP contribution in [0, 0.1) is 0 Å². The van der Waals surface area contributed by atoms with Gasteiger partial charge in [-0.05, 0) is 65.8 Å². The normalized spacial score (nSPS) is 13.1. The molecule has 4 aromatic rings. The van der Waals surface area contributed by atoms with Crippen molar-refractivity contribution in [3.05, 3.63) is 114 Å². The molecule has 1 atom stereocenters. The first-order chi connectivity index (χ1) is 21.0. The lowest BCUT2D eigenvalue weighted by Crippen LogP contribution is -2.35. The Morgan fingerprint density at radius 1 is 0.733 bits per heavy atom. The average Bonchev–Trinajstić information content (AvgIpc) is 2.99. The highest BCUT2D eigenvalue weighted by atomic mass is 35.5. The van der Waals surface area contributed by atoms with Gasteiger partial charge in [0.05, 0.1) is 16.4 Å². The van der Waals surface area contributed by atoms with Gasteiger partial charge < -0.3 is 9.66 Å². The van der Waals surface area contributed by atoms with Crippen LogP contribution in [0.4, 0.5) is 0 Å². The second kappa shape index (κ2) is 15.3. The fraction of sp³-hybridized carbons (Fsp3) is 0.368. The number of halogens is 1. The molecule has 4 aromatic carbocycles. The van der Waals surface area contributed by atoms with Crippen molar-refractivity contribution in [1.29, 1.82) is 0 Å². The molecular formula is C38H48ClO4PS. The monoisotopic (exact) mass is 666 g/mol. The molecule has 0 aliphatic heterocycles. The van der Waals surface area contributed by atoms with Gasteiger partial charge >= 0.3 is 0 Å². The summed E-state index contributed by atoms with van der Waals surface area (Å²) in [5.41, 5.74) is 0.0268. The van der Waals surface area contributed by atoms with Crippen molar-refractivity contribution in [2.45, 2.75) is 88.8 Å². The number of benzene rings is 4. The van der Waals surface area contributed by atoms with Crippen molar-refractivity contribution in [1.82, 2.24) is 0 Å². The molecule has 4 rings (SSSR count). The number of unbranched alkanes of at least 4 members (excludes halogenated alkanes) is 1. The number of hydrogen-bond acceptors (Lipinski definition) is 4. The summed E-state index contributed by atoms with van der Waals surface area (Å²) in [6, 6.07) is 35.5. The van der Waals surface area contributed by atoms with E-state index >= 15 is 0 Å². The third kappa shape index (κ3) is 9.42. The average molecular weight is 667 g/mol. The van der Waals surface area contributed by atoms with E-state index < -0.39 is 28.2 Å². The molecule has 0 bridgehead atoms. The van der Waals surface area contributed by atoms with Gasteiger partial charge in [-0.3, -0.25) is 0 Å². The Balaban J connectivity index is 0.000000259. The summed E-state index contributed by atoms with van der Waals surface area (Å²) >= 11 is 6.92. The molecule has 0 heterocycles. The van der Waals surface area contributed by atoms with Crippen LogP contribution in [-0.4, -0.2) is 29.6 Å². The van der Waals surface area contributed by atoms with E-state index in [1.165, 1.54) is 40.9 Å². The molecule has 4 nitrogen and oxygen atoms in total. The molecule has 7 heteroatoms. The van der Waals surface area contributed by atoms with Gasteiger partial charge in [0, 0.05) is 11.1 Å². The maximum absolute atomic E-state index is 11.3. The van der Waals surface area contributed by atoms with Crippen molar-refractivity contribution in [3.63, 3.8) is 0 Å². The van der Waals surface area contributed by atoms with Gasteiger partial charge in [-0.25, -0.2) is 8.42 Å². The summed E-state index contributed by atoms with van der Waals surface area (Å²) in [7, 11) is -6.33. The summed E-state index contributed by atoms with van der Waals surface area (Å²) in [5.74, 6) is 0.0624. The molecule has 0 aliphatic rings. The van der Waals surface area contributed by atoms with E-state index in [4.69, 9.17) is 11.6 Å². The van der Waals surface area contributed by atoms with E-state index in [2.05, 4.69) is 97.9 Å². The summed E-state index contributed by atoms with van der Waals surface area (Å²) in [5, 5.41) is 14.8. The van der Waals surface area contributed by atoms with Crippen LogP contribution >= 0.6 is 18.9 Å². The Labute approximate surface area is 277 Å². The third-order valence-electron chi connectivity index (χ3n) is 7.92. The van der Waals surface area contributed by atoms with E-state index in [1.54, 1.807) is 0 Å². The highest BCUT2D eigenvalue weighted by molar-refractivity contribution is 7.95. The standard InChI is InChI=1S/C24H27ClP.C14H22O4S/c1-2-3-13-21(25)20-26(22-14-7-4-8-15-22,23-16-9-5-10-17-23)24-18-11-6-12-19-24;1-13(2,3)10-7-9(19(16,17)18)8-11(12(10)15)14(4,5)6/h4-12,14-19,21H,2-3,13,20H2,1H3;7-8,15H,1-6H3,(H,16,17,18)/q+1;/p-1. The zero-order chi connectivity index (χ0) is 33.5. The highest BCUT2D eigenvalue weighted by Crippen LogP contribution is 2.56. The SMILES string of the molecule is CC(C)(C)c1cc(S(=O)(=O)[O-])cc(C(C)(C)C)c1O.CCCCC(Cl)C[P+](c1ccccc1)(c1ccccc1)c1ccccc1. The molecule has 0 saturated carbocycles. The Hall–Kier alpha value is -2.69. The Morgan fingerprint density at radius 2 is 1.09 bits per heavy atom. The van der Waals surface area contributed by atoms with Crippen LogP contribution in [0.3, 0.4) is 0 Å². The zero-order valence-electron chi connectivity index (χ0n) is 27.6. The summed E-state index contributed by atoms with van der Waals surface area (Å²) in [4.78, 5) is -0.292. The van der Waals surface area contributed by atoms with E-state index in [-0.39, 0.29) is 16.0 Å². The molecule has 0 aliphatic carbocycles. The van der Waals surface area contributed by atoms with Crippen molar-refractivity contribution in [2.75, 3.05) is 6.16 Å². The molecule has 0 spiro atoms. The number of rotatable bonds is 9. The number of phenolic OH excluding ortho intramolecular Hbond substituents is 1. The minimum absolute atomic E-state index is 0.0624. The fourth-order valence-corrected chi connectivity index (χ4v) is 11.2. The molecule has 0 fully saturated rings. The molecule has 0 radical (unpaired) electrons. The number of phenols is 1. The first-order valence-corrected chi connectivity index (χ1v) is 19.4. The molecule has 45 heavy (non-hydrogen) atoms. The second-order valence-electron chi connectivity index (χ2n) is 13.6. The van der Waals surface area contributed by atoms with Crippen molar-refractivity contribution < 1.29 is 18.1 Å². The Morgan fingerprint density at radius 3 is 1.38 bits per heavy atom. The van der Waals surface area contributed by atoms with Gasteiger partial charge in [0.2, 0.25) is 0 Å². The second-order valence-corrected chi connectivity index (χ2v) is 19.1. The third-order valence-corrected chi connectivity index (χ3v) is 13.9. The molecule has 0 amide bonds. The van der Waals surface area contributed by atoms with Gasteiger partial charge in [-0.2, -0.15) is 0 Å². The van der Waals surface area contributed by atoms with E-state index in [0.29, 0.717) is 11.1 Å². The first kappa shape index (κ1) is 36.8. The van der Waals surface area contributed by atoms with Crippen LogP contribution < -0.4 is 15.9 Å². The maximum Gasteiger partial charge on any atom is 0.124 e. The quantitative estimate of drug-likeness (QED) is 0.110. The van der Waals surface area contributed by atoms with Crippen LogP contribution in [-0.2, 0) is 20.9 Å². The lowest BCUT2D eigenvalue weighted by atomic mass is 9.79. The fourth-order valence-electron chi connectivity index (χ4n) is 5.52. The Bertz CT molecular complexity index is 1480. The number of aromatic hydroxyl groups is 1. The molecule has 0 aromatic heterocycles. The lowest BCUT2D eigenvalue weighted by Gasteiger charge is -2.29. The van der Waals surface area contributed by atoms with Crippen LogP contribution in [0.5, 0.6) is 5.75 Å². The van der Waals surface area contributed by atoms with Crippen LogP contribution in [0.2, 0.25) is 0 Å². The smallest absolute Gasteiger partial charge is 0.124 e. The van der Waals surface area contributed by atoms with Gasteiger partial charge in [-0.15, -0.1) is 11.6 Å². The predicted octanol–water partition coefficient (Wildman–Crippen LogP) is 8.67. The van der Waals surface area contributed by atoms with E-state index in [1.807, 2.05) is 41.5 Å². The van der Waals surface area contributed by atoms with E-state index in [0.717, 1.165) is 12.6 Å². The van der Waals surface area contributed by atoms with Gasteiger partial charge in [-0.1, -0.05) is 116 Å². The molecular weight excluding hydrogens is 619 g/mol. The molecule has 242 valence electrons. The summed E-state index contributed by atoms with van der Waals surface area (Å²) in [6.07, 6.45) is 4.46.